The monoisotopic (exact) mass is 378 g/mol. The molecule has 100 valence electrons. The molecule has 0 amide bonds. The molecule has 0 aliphatic heterocycles. The molecule has 0 saturated heterocycles. The number of hydrogen-bond acceptors (Lipinski definition) is 3. The summed E-state index contributed by atoms with van der Waals surface area (Å²) in [5, 5.41) is 4.01. The zero-order valence-corrected chi connectivity index (χ0v) is 12.2. The first-order valence-electron chi connectivity index (χ1n) is 5.24. The van der Waals surface area contributed by atoms with Gasteiger partial charge >= 0.3 is 5.97 Å². The van der Waals surface area contributed by atoms with E-state index in [0.29, 0.717) is 9.26 Å². The Morgan fingerprint density at radius 1 is 1.42 bits per heavy atom. The lowest BCUT2D eigenvalue weighted by atomic mass is 10.3. The second-order valence-corrected chi connectivity index (χ2v) is 4.83. The van der Waals surface area contributed by atoms with Crippen molar-refractivity contribution in [1.82, 2.24) is 9.78 Å². The molecule has 0 bridgehead atoms. The Bertz CT molecular complexity index is 655. The van der Waals surface area contributed by atoms with Gasteiger partial charge in [0.2, 0.25) is 0 Å². The highest BCUT2D eigenvalue weighted by molar-refractivity contribution is 14.1. The van der Waals surface area contributed by atoms with Crippen molar-refractivity contribution >= 4 is 28.6 Å². The van der Waals surface area contributed by atoms with E-state index in [4.69, 9.17) is 0 Å². The lowest BCUT2D eigenvalue weighted by Crippen LogP contribution is -2.06. The molecular formula is C12H9F2IN2O2. The molecule has 0 atom stereocenters. The Labute approximate surface area is 121 Å². The van der Waals surface area contributed by atoms with E-state index in [1.54, 1.807) is 6.92 Å². The summed E-state index contributed by atoms with van der Waals surface area (Å²) in [4.78, 5) is 11.5. The molecule has 0 aliphatic carbocycles. The summed E-state index contributed by atoms with van der Waals surface area (Å²) in [6, 6.07) is 3.16. The quantitative estimate of drug-likeness (QED) is 0.597. The van der Waals surface area contributed by atoms with Crippen LogP contribution in [-0.4, -0.2) is 22.9 Å². The van der Waals surface area contributed by atoms with Gasteiger partial charge in [-0.2, -0.15) is 5.10 Å². The predicted octanol–water partition coefficient (Wildman–Crippen LogP) is 2.85. The molecule has 0 N–H and O–H groups in total. The van der Waals surface area contributed by atoms with Crippen molar-refractivity contribution in [1.29, 1.82) is 0 Å². The van der Waals surface area contributed by atoms with Crippen LogP contribution < -0.4 is 0 Å². The van der Waals surface area contributed by atoms with Crippen LogP contribution in [0.2, 0.25) is 0 Å². The number of halogens is 3. The SMILES string of the molecule is COC(=O)c1nn(-c2ccc(F)cc2F)c(C)c1I. The highest BCUT2D eigenvalue weighted by atomic mass is 127. The van der Waals surface area contributed by atoms with E-state index < -0.39 is 17.6 Å². The predicted molar refractivity (Wildman–Crippen MR) is 72.3 cm³/mol. The fourth-order valence-electron chi connectivity index (χ4n) is 1.60. The number of ether oxygens (including phenoxy) is 1. The maximum absolute atomic E-state index is 13.7. The van der Waals surface area contributed by atoms with E-state index in [1.165, 1.54) is 17.9 Å². The molecule has 1 aromatic heterocycles. The molecule has 0 radical (unpaired) electrons. The molecule has 1 heterocycles. The van der Waals surface area contributed by atoms with Crippen molar-refractivity contribution < 1.29 is 18.3 Å². The normalized spacial score (nSPS) is 10.6. The molecular weight excluding hydrogens is 369 g/mol. The van der Waals surface area contributed by atoms with Gasteiger partial charge in [-0.05, 0) is 41.6 Å². The smallest absolute Gasteiger partial charge is 0.359 e. The van der Waals surface area contributed by atoms with Crippen LogP contribution in [0.15, 0.2) is 18.2 Å². The minimum Gasteiger partial charge on any atom is -0.464 e. The molecule has 0 aliphatic rings. The summed E-state index contributed by atoms with van der Waals surface area (Å²) < 4.78 is 33.0. The molecule has 2 rings (SSSR count). The molecule has 0 unspecified atom stereocenters. The number of nitrogens with zero attached hydrogens (tertiary/aromatic N) is 2. The third-order valence-corrected chi connectivity index (χ3v) is 3.85. The van der Waals surface area contributed by atoms with Crippen molar-refractivity contribution in [2.45, 2.75) is 6.92 Å². The van der Waals surface area contributed by atoms with Crippen molar-refractivity contribution in [2.24, 2.45) is 0 Å². The third-order valence-electron chi connectivity index (χ3n) is 2.56. The van der Waals surface area contributed by atoms with Gasteiger partial charge in [-0.15, -0.1) is 0 Å². The summed E-state index contributed by atoms with van der Waals surface area (Å²) in [6.45, 7) is 1.68. The van der Waals surface area contributed by atoms with Gasteiger partial charge in [-0.1, -0.05) is 0 Å². The van der Waals surface area contributed by atoms with Gasteiger partial charge in [0.05, 0.1) is 16.4 Å². The zero-order valence-electron chi connectivity index (χ0n) is 10.1. The first kappa shape index (κ1) is 13.9. The van der Waals surface area contributed by atoms with Crippen LogP contribution in [0.1, 0.15) is 16.2 Å². The van der Waals surface area contributed by atoms with Gasteiger partial charge in [0.15, 0.2) is 11.5 Å². The third kappa shape index (κ3) is 2.46. The first-order chi connectivity index (χ1) is 8.95. The number of carbonyl (C=O) groups excluding carboxylic acids is 1. The van der Waals surface area contributed by atoms with Gasteiger partial charge in [0, 0.05) is 6.07 Å². The number of methoxy groups -OCH3 is 1. The molecule has 7 heteroatoms. The summed E-state index contributed by atoms with van der Waals surface area (Å²) in [5.74, 6) is -2.03. The highest BCUT2D eigenvalue weighted by Crippen LogP contribution is 2.22. The maximum Gasteiger partial charge on any atom is 0.359 e. The molecule has 0 spiro atoms. The van der Waals surface area contributed by atoms with E-state index in [0.717, 1.165) is 12.1 Å². The summed E-state index contributed by atoms with van der Waals surface area (Å²) in [5.41, 5.74) is 0.753. The minimum atomic E-state index is -0.751. The van der Waals surface area contributed by atoms with E-state index >= 15 is 0 Å². The molecule has 1 aromatic carbocycles. The van der Waals surface area contributed by atoms with Crippen molar-refractivity contribution in [3.8, 4) is 5.69 Å². The number of aromatic nitrogens is 2. The van der Waals surface area contributed by atoms with Gasteiger partial charge in [0.1, 0.15) is 11.5 Å². The summed E-state index contributed by atoms with van der Waals surface area (Å²) in [6.07, 6.45) is 0. The molecule has 4 nitrogen and oxygen atoms in total. The highest BCUT2D eigenvalue weighted by Gasteiger charge is 2.21. The Balaban J connectivity index is 2.60. The van der Waals surface area contributed by atoms with Crippen LogP contribution in [0.4, 0.5) is 8.78 Å². The number of esters is 1. The zero-order chi connectivity index (χ0) is 14.2. The van der Waals surface area contributed by atoms with E-state index in [2.05, 4.69) is 9.84 Å². The Morgan fingerprint density at radius 2 is 2.11 bits per heavy atom. The van der Waals surface area contributed by atoms with Gasteiger partial charge in [0.25, 0.3) is 0 Å². The Morgan fingerprint density at radius 3 is 2.68 bits per heavy atom. The summed E-state index contributed by atoms with van der Waals surface area (Å²) in [7, 11) is 1.24. The topological polar surface area (TPSA) is 44.1 Å². The number of rotatable bonds is 2. The number of carbonyl (C=O) groups is 1. The van der Waals surface area contributed by atoms with Crippen LogP contribution in [0.5, 0.6) is 0 Å². The van der Waals surface area contributed by atoms with Gasteiger partial charge in [-0.25, -0.2) is 18.3 Å². The maximum atomic E-state index is 13.7. The summed E-state index contributed by atoms with van der Waals surface area (Å²) >= 11 is 1.93. The molecule has 19 heavy (non-hydrogen) atoms. The van der Waals surface area contributed by atoms with E-state index in [9.17, 15) is 13.6 Å². The largest absolute Gasteiger partial charge is 0.464 e. The van der Waals surface area contributed by atoms with Crippen molar-refractivity contribution in [3.63, 3.8) is 0 Å². The standard InChI is InChI=1S/C12H9F2IN2O2/c1-6-10(15)11(12(18)19-2)16-17(6)9-4-3-7(13)5-8(9)14/h3-5H,1-2H3. The molecule has 0 saturated carbocycles. The van der Waals surface area contributed by atoms with Crippen LogP contribution in [0, 0.1) is 22.1 Å². The average molecular weight is 378 g/mol. The van der Waals surface area contributed by atoms with Gasteiger partial charge < -0.3 is 4.74 Å². The second kappa shape index (κ2) is 5.24. The van der Waals surface area contributed by atoms with Crippen LogP contribution in [0.25, 0.3) is 5.69 Å². The van der Waals surface area contributed by atoms with Crippen LogP contribution >= 0.6 is 22.6 Å². The fraction of sp³-hybridized carbons (Fsp3) is 0.167. The molecule has 2 aromatic rings. The van der Waals surface area contributed by atoms with Crippen LogP contribution in [0.3, 0.4) is 0 Å². The van der Waals surface area contributed by atoms with Crippen LogP contribution in [-0.2, 0) is 4.74 Å². The Kier molecular flexibility index (Phi) is 3.83. The van der Waals surface area contributed by atoms with Crippen molar-refractivity contribution in [3.05, 3.63) is 44.8 Å². The average Bonchev–Trinajstić information content (AvgIpc) is 2.66. The fourth-order valence-corrected chi connectivity index (χ4v) is 2.15. The molecule has 0 fully saturated rings. The lowest BCUT2D eigenvalue weighted by molar-refractivity contribution is 0.0592. The first-order valence-corrected chi connectivity index (χ1v) is 6.32. The van der Waals surface area contributed by atoms with E-state index in [-0.39, 0.29) is 11.4 Å². The number of hydrogen-bond donors (Lipinski definition) is 0. The minimum absolute atomic E-state index is 0.0759. The Hall–Kier alpha value is -1.51. The second-order valence-electron chi connectivity index (χ2n) is 3.75. The lowest BCUT2D eigenvalue weighted by Gasteiger charge is -2.05. The van der Waals surface area contributed by atoms with Gasteiger partial charge in [-0.3, -0.25) is 0 Å². The van der Waals surface area contributed by atoms with E-state index in [1.807, 2.05) is 22.6 Å². The van der Waals surface area contributed by atoms with Crippen molar-refractivity contribution in [2.75, 3.05) is 7.11 Å². The number of benzene rings is 1.